The number of thiophene rings is 1. The van der Waals surface area contributed by atoms with Crippen LogP contribution in [-0.4, -0.2) is 32.8 Å². The predicted octanol–water partition coefficient (Wildman–Crippen LogP) is 4.76. The first-order chi connectivity index (χ1) is 16.0. The highest BCUT2D eigenvalue weighted by Gasteiger charge is 2.24. The van der Waals surface area contributed by atoms with Crippen molar-refractivity contribution in [3.05, 3.63) is 68.2 Å². The summed E-state index contributed by atoms with van der Waals surface area (Å²) >= 11 is 1.48. The number of nitrogens with one attached hydrogen (secondary N) is 1. The standard InChI is InChI=1S/C25H24N6OS/c1-15-17(3)33-24-21(15)23(32)27-22(28-24)18(14-26)13-20-16(2)29-31(19-9-5-4-6-10-19)25(20)30-11-7-8-12-30/h4-6,9-10,13H,7-8,11-12H2,1-3H3,(H,27,28,32). The number of fused-ring (bicyclic) bond motifs is 1. The van der Waals surface area contributed by atoms with Crippen LogP contribution in [0.2, 0.25) is 0 Å². The minimum atomic E-state index is -0.213. The molecule has 3 aromatic heterocycles. The fraction of sp³-hybridized carbons (Fsp3) is 0.280. The number of H-pyrrole nitrogens is 1. The number of allylic oxidation sites excluding steroid dienone is 1. The zero-order chi connectivity index (χ0) is 23.1. The summed E-state index contributed by atoms with van der Waals surface area (Å²) < 4.78 is 1.95. The van der Waals surface area contributed by atoms with Crippen molar-refractivity contribution in [1.29, 1.82) is 5.26 Å². The van der Waals surface area contributed by atoms with Gasteiger partial charge in [0.05, 0.1) is 22.3 Å². The second-order valence-corrected chi connectivity index (χ2v) is 9.52. The Morgan fingerprint density at radius 2 is 1.91 bits per heavy atom. The molecular weight excluding hydrogens is 432 g/mol. The molecule has 0 unspecified atom stereocenters. The van der Waals surface area contributed by atoms with Gasteiger partial charge in [-0.3, -0.25) is 4.79 Å². The van der Waals surface area contributed by atoms with Crippen molar-refractivity contribution in [3.63, 3.8) is 0 Å². The Bertz CT molecular complexity index is 1480. The van der Waals surface area contributed by atoms with Crippen LogP contribution in [0.5, 0.6) is 0 Å². The van der Waals surface area contributed by atoms with E-state index >= 15 is 0 Å². The van der Waals surface area contributed by atoms with Gasteiger partial charge in [0, 0.05) is 23.5 Å². The van der Waals surface area contributed by atoms with Gasteiger partial charge in [0.2, 0.25) is 0 Å². The number of aryl methyl sites for hydroxylation is 3. The van der Waals surface area contributed by atoms with Gasteiger partial charge in [-0.2, -0.15) is 10.4 Å². The zero-order valence-electron chi connectivity index (χ0n) is 18.8. The van der Waals surface area contributed by atoms with E-state index in [1.165, 1.54) is 11.3 Å². The summed E-state index contributed by atoms with van der Waals surface area (Å²) in [7, 11) is 0. The Balaban J connectivity index is 1.70. The fourth-order valence-corrected chi connectivity index (χ4v) is 5.39. The number of hydrogen-bond acceptors (Lipinski definition) is 6. The molecule has 0 amide bonds. The van der Waals surface area contributed by atoms with Crippen LogP contribution in [0, 0.1) is 32.1 Å². The molecule has 1 aliphatic heterocycles. The number of aromatic nitrogens is 4. The number of rotatable bonds is 4. The first-order valence-electron chi connectivity index (χ1n) is 11.0. The molecule has 5 rings (SSSR count). The third-order valence-corrected chi connectivity index (χ3v) is 7.29. The van der Waals surface area contributed by atoms with Gasteiger partial charge in [-0.15, -0.1) is 11.3 Å². The van der Waals surface area contributed by atoms with E-state index in [1.807, 2.05) is 61.9 Å². The Morgan fingerprint density at radius 3 is 2.61 bits per heavy atom. The highest BCUT2D eigenvalue weighted by atomic mass is 32.1. The van der Waals surface area contributed by atoms with Crippen molar-refractivity contribution in [3.8, 4) is 11.8 Å². The van der Waals surface area contributed by atoms with Crippen molar-refractivity contribution in [2.24, 2.45) is 0 Å². The molecule has 0 aliphatic carbocycles. The van der Waals surface area contributed by atoms with Gasteiger partial charge in [0.15, 0.2) is 5.82 Å². The first kappa shape index (κ1) is 21.2. The van der Waals surface area contributed by atoms with E-state index in [0.29, 0.717) is 15.8 Å². The summed E-state index contributed by atoms with van der Waals surface area (Å²) in [6.07, 6.45) is 4.05. The average Bonchev–Trinajstić information content (AvgIpc) is 3.51. The fourth-order valence-electron chi connectivity index (χ4n) is 4.36. The molecule has 1 N–H and O–H groups in total. The molecule has 1 aliphatic rings. The summed E-state index contributed by atoms with van der Waals surface area (Å²) in [4.78, 5) is 24.3. The van der Waals surface area contributed by atoms with Crippen LogP contribution < -0.4 is 10.5 Å². The molecule has 166 valence electrons. The smallest absolute Gasteiger partial charge is 0.260 e. The largest absolute Gasteiger partial charge is 0.356 e. The van der Waals surface area contributed by atoms with Crippen molar-refractivity contribution < 1.29 is 0 Å². The number of para-hydroxylation sites is 1. The summed E-state index contributed by atoms with van der Waals surface area (Å²) in [5, 5.41) is 15.4. The summed E-state index contributed by atoms with van der Waals surface area (Å²) in [6.45, 7) is 7.73. The summed E-state index contributed by atoms with van der Waals surface area (Å²) in [5.41, 5.74) is 3.70. The van der Waals surface area contributed by atoms with Crippen LogP contribution >= 0.6 is 11.3 Å². The highest BCUT2D eigenvalue weighted by molar-refractivity contribution is 7.18. The van der Waals surface area contributed by atoms with Gasteiger partial charge in [0.1, 0.15) is 16.7 Å². The molecule has 0 bridgehead atoms. The lowest BCUT2D eigenvalue weighted by atomic mass is 10.1. The molecule has 1 saturated heterocycles. The minimum absolute atomic E-state index is 0.213. The van der Waals surface area contributed by atoms with Gasteiger partial charge in [-0.25, -0.2) is 9.67 Å². The minimum Gasteiger partial charge on any atom is -0.356 e. The third-order valence-electron chi connectivity index (χ3n) is 6.19. The molecule has 1 fully saturated rings. The number of benzene rings is 1. The van der Waals surface area contributed by atoms with Gasteiger partial charge >= 0.3 is 0 Å². The van der Waals surface area contributed by atoms with E-state index in [2.05, 4.69) is 20.9 Å². The number of nitrogens with zero attached hydrogens (tertiary/aromatic N) is 5. The topological polar surface area (TPSA) is 90.6 Å². The van der Waals surface area contributed by atoms with E-state index in [0.717, 1.165) is 59.1 Å². The summed E-state index contributed by atoms with van der Waals surface area (Å²) in [5.74, 6) is 1.26. The molecule has 0 radical (unpaired) electrons. The molecule has 33 heavy (non-hydrogen) atoms. The van der Waals surface area contributed by atoms with Crippen LogP contribution in [0.1, 0.15) is 40.4 Å². The highest BCUT2D eigenvalue weighted by Crippen LogP contribution is 2.33. The van der Waals surface area contributed by atoms with E-state index in [9.17, 15) is 10.1 Å². The monoisotopic (exact) mass is 456 g/mol. The van der Waals surface area contributed by atoms with E-state index in [-0.39, 0.29) is 11.4 Å². The normalized spacial score (nSPS) is 14.2. The maximum absolute atomic E-state index is 12.8. The Morgan fingerprint density at radius 1 is 1.18 bits per heavy atom. The number of hydrogen-bond donors (Lipinski definition) is 1. The lowest BCUT2D eigenvalue weighted by Gasteiger charge is -2.20. The van der Waals surface area contributed by atoms with E-state index in [4.69, 9.17) is 5.10 Å². The number of anilines is 1. The molecule has 4 aromatic rings. The van der Waals surface area contributed by atoms with Gasteiger partial charge in [0.25, 0.3) is 5.56 Å². The molecule has 7 nitrogen and oxygen atoms in total. The number of nitriles is 1. The van der Waals surface area contributed by atoms with Gasteiger partial charge in [-0.1, -0.05) is 18.2 Å². The lowest BCUT2D eigenvalue weighted by molar-refractivity contribution is 0.815. The molecule has 1 aromatic carbocycles. The van der Waals surface area contributed by atoms with Crippen LogP contribution in [0.25, 0.3) is 27.6 Å². The zero-order valence-corrected chi connectivity index (χ0v) is 19.7. The molecule has 0 saturated carbocycles. The molecule has 4 heterocycles. The van der Waals surface area contributed by atoms with Crippen molar-refractivity contribution in [2.75, 3.05) is 18.0 Å². The van der Waals surface area contributed by atoms with Gasteiger partial charge < -0.3 is 9.88 Å². The summed E-state index contributed by atoms with van der Waals surface area (Å²) in [6, 6.07) is 12.3. The van der Waals surface area contributed by atoms with Crippen molar-refractivity contribution in [1.82, 2.24) is 19.7 Å². The average molecular weight is 457 g/mol. The SMILES string of the molecule is Cc1nn(-c2ccccc2)c(N2CCCC2)c1C=C(C#N)c1nc2sc(C)c(C)c2c(=O)[nH]1. The van der Waals surface area contributed by atoms with E-state index in [1.54, 1.807) is 0 Å². The van der Waals surface area contributed by atoms with Crippen LogP contribution in [-0.2, 0) is 0 Å². The maximum atomic E-state index is 12.8. The van der Waals surface area contributed by atoms with Crippen molar-refractivity contribution >= 4 is 39.0 Å². The second-order valence-electron chi connectivity index (χ2n) is 8.31. The van der Waals surface area contributed by atoms with Crippen molar-refractivity contribution in [2.45, 2.75) is 33.6 Å². The maximum Gasteiger partial charge on any atom is 0.260 e. The predicted molar refractivity (Wildman–Crippen MR) is 133 cm³/mol. The molecule has 0 spiro atoms. The van der Waals surface area contributed by atoms with E-state index < -0.39 is 0 Å². The number of aromatic amines is 1. The van der Waals surface area contributed by atoms with Crippen LogP contribution in [0.15, 0.2) is 35.1 Å². The second kappa shape index (κ2) is 8.34. The quantitative estimate of drug-likeness (QED) is 0.447. The van der Waals surface area contributed by atoms with Crippen LogP contribution in [0.4, 0.5) is 5.82 Å². The first-order valence-corrected chi connectivity index (χ1v) is 11.8. The lowest BCUT2D eigenvalue weighted by Crippen LogP contribution is -2.22. The Kier molecular flexibility index (Phi) is 5.35. The Labute approximate surface area is 195 Å². The van der Waals surface area contributed by atoms with Crippen LogP contribution in [0.3, 0.4) is 0 Å². The molecule has 8 heteroatoms. The molecular formula is C25H24N6OS. The third kappa shape index (κ3) is 3.64. The molecule has 0 atom stereocenters. The van der Waals surface area contributed by atoms with Gasteiger partial charge in [-0.05, 0) is 57.4 Å². The Hall–Kier alpha value is -3.70.